The number of anilines is 1. The molecule has 3 aromatic rings. The van der Waals surface area contributed by atoms with Crippen molar-refractivity contribution >= 4 is 17.6 Å². The molecule has 0 fully saturated rings. The minimum Gasteiger partial charge on any atom is -0.355 e. The highest BCUT2D eigenvalue weighted by molar-refractivity contribution is 5.89. The van der Waals surface area contributed by atoms with Gasteiger partial charge in [-0.25, -0.2) is 0 Å². The number of aromatic nitrogens is 4. The number of benzene rings is 2. The minimum atomic E-state index is -0.148. The summed E-state index contributed by atoms with van der Waals surface area (Å²) in [5.41, 5.74) is 4.23. The van der Waals surface area contributed by atoms with Gasteiger partial charge in [0.15, 0.2) is 0 Å². The van der Waals surface area contributed by atoms with Crippen LogP contribution in [0.5, 0.6) is 0 Å². The Kier molecular flexibility index (Phi) is 5.88. The van der Waals surface area contributed by atoms with E-state index in [1.54, 1.807) is 4.68 Å². The molecule has 4 rings (SSSR count). The molecule has 0 bridgehead atoms. The third-order valence-electron chi connectivity index (χ3n) is 5.23. The Morgan fingerprint density at radius 2 is 1.87 bits per heavy atom. The molecule has 1 N–H and O–H groups in total. The maximum absolute atomic E-state index is 12.6. The van der Waals surface area contributed by atoms with Crippen molar-refractivity contribution in [3.05, 3.63) is 77.4 Å². The predicted octanol–water partition coefficient (Wildman–Crippen LogP) is 3.35. The SMILES string of the molecule is CCCCNC(=O)CN1C(c2ccccc2)=C[C@H](c2ccc(C)cc2)n2nnnc21. The van der Waals surface area contributed by atoms with E-state index in [1.165, 1.54) is 5.56 Å². The summed E-state index contributed by atoms with van der Waals surface area (Å²) >= 11 is 0. The van der Waals surface area contributed by atoms with Crippen molar-refractivity contribution in [1.82, 2.24) is 25.5 Å². The van der Waals surface area contributed by atoms with Crippen LogP contribution in [0.25, 0.3) is 5.70 Å². The maximum Gasteiger partial charge on any atom is 0.251 e. The number of nitrogens with one attached hydrogen (secondary N) is 1. The van der Waals surface area contributed by atoms with Crippen LogP contribution in [-0.2, 0) is 4.79 Å². The van der Waals surface area contributed by atoms with Gasteiger partial charge in [0.25, 0.3) is 5.95 Å². The van der Waals surface area contributed by atoms with Gasteiger partial charge >= 0.3 is 0 Å². The van der Waals surface area contributed by atoms with Gasteiger partial charge in [0, 0.05) is 6.54 Å². The lowest BCUT2D eigenvalue weighted by Crippen LogP contribution is -2.40. The number of hydrogen-bond donors (Lipinski definition) is 1. The summed E-state index contributed by atoms with van der Waals surface area (Å²) < 4.78 is 1.77. The molecule has 0 aliphatic carbocycles. The third kappa shape index (κ3) is 4.10. The number of carbonyl (C=O) groups is 1. The number of nitrogens with zero attached hydrogens (tertiary/aromatic N) is 5. The van der Waals surface area contributed by atoms with Crippen LogP contribution in [0, 0.1) is 6.92 Å². The van der Waals surface area contributed by atoms with E-state index < -0.39 is 0 Å². The average molecular weight is 403 g/mol. The van der Waals surface area contributed by atoms with Crippen LogP contribution in [0.15, 0.2) is 60.7 Å². The Morgan fingerprint density at radius 1 is 1.10 bits per heavy atom. The van der Waals surface area contributed by atoms with Crippen molar-refractivity contribution in [2.24, 2.45) is 0 Å². The smallest absolute Gasteiger partial charge is 0.251 e. The van der Waals surface area contributed by atoms with Gasteiger partial charge in [0.05, 0.1) is 5.70 Å². The van der Waals surface area contributed by atoms with Crippen molar-refractivity contribution in [2.45, 2.75) is 32.7 Å². The van der Waals surface area contributed by atoms with Crippen LogP contribution in [0.1, 0.15) is 42.5 Å². The normalized spacial score (nSPS) is 15.5. The lowest BCUT2D eigenvalue weighted by Gasteiger charge is -2.32. The van der Waals surface area contributed by atoms with Crippen molar-refractivity contribution in [3.63, 3.8) is 0 Å². The second kappa shape index (κ2) is 8.90. The summed E-state index contributed by atoms with van der Waals surface area (Å²) in [6.07, 6.45) is 4.12. The molecule has 7 nitrogen and oxygen atoms in total. The highest BCUT2D eigenvalue weighted by atomic mass is 16.2. The standard InChI is InChI=1S/C23H26N6O/c1-3-4-14-24-22(30)16-28-20(18-8-6-5-7-9-18)15-21(29-23(28)25-26-27-29)19-12-10-17(2)11-13-19/h5-13,15,21H,3-4,14,16H2,1-2H3,(H,24,30)/t21-/m1/s1. The Hall–Kier alpha value is -3.48. The number of tetrazole rings is 1. The van der Waals surface area contributed by atoms with E-state index in [2.05, 4.69) is 65.0 Å². The van der Waals surface area contributed by atoms with Crippen molar-refractivity contribution < 1.29 is 4.79 Å². The largest absolute Gasteiger partial charge is 0.355 e. The second-order valence-corrected chi connectivity index (χ2v) is 7.49. The first-order chi connectivity index (χ1) is 14.7. The van der Waals surface area contributed by atoms with Crippen LogP contribution in [0.2, 0.25) is 0 Å². The van der Waals surface area contributed by atoms with E-state index in [1.807, 2.05) is 35.2 Å². The van der Waals surface area contributed by atoms with E-state index in [4.69, 9.17) is 0 Å². The summed E-state index contributed by atoms with van der Waals surface area (Å²) in [6, 6.07) is 18.3. The van der Waals surface area contributed by atoms with Crippen LogP contribution >= 0.6 is 0 Å². The molecule has 0 saturated carbocycles. The van der Waals surface area contributed by atoms with Crippen LogP contribution < -0.4 is 10.2 Å². The van der Waals surface area contributed by atoms with Gasteiger partial charge in [-0.05, 0) is 41.0 Å². The molecule has 2 heterocycles. The fourth-order valence-corrected chi connectivity index (χ4v) is 3.59. The number of rotatable bonds is 7. The summed E-state index contributed by atoms with van der Waals surface area (Å²) in [7, 11) is 0. The van der Waals surface area contributed by atoms with E-state index >= 15 is 0 Å². The summed E-state index contributed by atoms with van der Waals surface area (Å²) in [5.74, 6) is 0.515. The molecule has 1 amide bonds. The van der Waals surface area contributed by atoms with Gasteiger partial charge in [-0.15, -0.1) is 0 Å². The van der Waals surface area contributed by atoms with Gasteiger partial charge < -0.3 is 5.32 Å². The highest BCUT2D eigenvalue weighted by Crippen LogP contribution is 2.35. The molecular weight excluding hydrogens is 376 g/mol. The molecule has 7 heteroatoms. The number of hydrogen-bond acceptors (Lipinski definition) is 5. The second-order valence-electron chi connectivity index (χ2n) is 7.49. The van der Waals surface area contributed by atoms with Gasteiger partial charge in [-0.1, -0.05) is 78.6 Å². The zero-order valence-electron chi connectivity index (χ0n) is 17.3. The molecular formula is C23H26N6O. The van der Waals surface area contributed by atoms with Gasteiger partial charge in [-0.2, -0.15) is 4.68 Å². The van der Waals surface area contributed by atoms with Gasteiger partial charge in [-0.3, -0.25) is 9.69 Å². The number of unbranched alkanes of at least 4 members (excludes halogenated alkanes) is 1. The quantitative estimate of drug-likeness (QED) is 0.614. The zero-order valence-corrected chi connectivity index (χ0v) is 17.3. The van der Waals surface area contributed by atoms with Crippen LogP contribution in [-0.4, -0.2) is 39.2 Å². The number of fused-ring (bicyclic) bond motifs is 1. The van der Waals surface area contributed by atoms with E-state index in [0.717, 1.165) is 29.7 Å². The summed E-state index contributed by atoms with van der Waals surface area (Å²) in [5, 5.41) is 15.4. The lowest BCUT2D eigenvalue weighted by atomic mass is 10.00. The first-order valence-corrected chi connectivity index (χ1v) is 10.3. The minimum absolute atomic E-state index is 0.0476. The number of aryl methyl sites for hydroxylation is 1. The molecule has 1 aliphatic heterocycles. The zero-order chi connectivity index (χ0) is 20.9. The molecule has 30 heavy (non-hydrogen) atoms. The number of amides is 1. The van der Waals surface area contributed by atoms with Gasteiger partial charge in [0.2, 0.25) is 5.91 Å². The molecule has 2 aromatic carbocycles. The Bertz CT molecular complexity index is 1030. The first kappa shape index (κ1) is 19.8. The van der Waals surface area contributed by atoms with Crippen molar-refractivity contribution in [3.8, 4) is 0 Å². The molecule has 0 spiro atoms. The molecule has 154 valence electrons. The molecule has 1 aliphatic rings. The van der Waals surface area contributed by atoms with E-state index in [-0.39, 0.29) is 18.5 Å². The Morgan fingerprint density at radius 3 is 2.60 bits per heavy atom. The van der Waals surface area contributed by atoms with Crippen LogP contribution in [0.4, 0.5) is 5.95 Å². The third-order valence-corrected chi connectivity index (χ3v) is 5.23. The fraction of sp³-hybridized carbons (Fsp3) is 0.304. The predicted molar refractivity (Wildman–Crippen MR) is 117 cm³/mol. The van der Waals surface area contributed by atoms with E-state index in [9.17, 15) is 4.79 Å². The average Bonchev–Trinajstić information content (AvgIpc) is 3.26. The maximum atomic E-state index is 12.6. The van der Waals surface area contributed by atoms with Crippen LogP contribution in [0.3, 0.4) is 0 Å². The monoisotopic (exact) mass is 402 g/mol. The Balaban J connectivity index is 1.73. The summed E-state index contributed by atoms with van der Waals surface area (Å²) in [4.78, 5) is 14.5. The van der Waals surface area contributed by atoms with Crippen molar-refractivity contribution in [2.75, 3.05) is 18.0 Å². The number of carbonyl (C=O) groups excluding carboxylic acids is 1. The molecule has 0 saturated heterocycles. The number of allylic oxidation sites excluding steroid dienone is 1. The van der Waals surface area contributed by atoms with E-state index in [0.29, 0.717) is 12.5 Å². The Labute approximate surface area is 176 Å². The van der Waals surface area contributed by atoms with Gasteiger partial charge in [0.1, 0.15) is 12.6 Å². The molecule has 0 unspecified atom stereocenters. The molecule has 1 aromatic heterocycles. The summed E-state index contributed by atoms with van der Waals surface area (Å²) in [6.45, 7) is 5.00. The molecule has 1 atom stereocenters. The lowest BCUT2D eigenvalue weighted by molar-refractivity contribution is -0.119. The first-order valence-electron chi connectivity index (χ1n) is 10.3. The fourth-order valence-electron chi connectivity index (χ4n) is 3.59. The highest BCUT2D eigenvalue weighted by Gasteiger charge is 2.31. The van der Waals surface area contributed by atoms with Crippen molar-refractivity contribution in [1.29, 1.82) is 0 Å². The topological polar surface area (TPSA) is 75.9 Å². The molecule has 0 radical (unpaired) electrons.